The molecular formula is C25H27ClF2N4O5S. The molecule has 2 fully saturated rings. The minimum Gasteiger partial charge on any atom is -0.481 e. The number of nitrogens with zero attached hydrogens (tertiary/aromatic N) is 4. The zero-order valence-electron chi connectivity index (χ0n) is 20.6. The van der Waals surface area contributed by atoms with Crippen molar-refractivity contribution < 1.29 is 33.0 Å². The number of aliphatic imine (C=N–C) groups is 2. The number of amidine groups is 1. The molecule has 0 aliphatic carbocycles. The van der Waals surface area contributed by atoms with E-state index in [1.165, 1.54) is 13.2 Å². The molecule has 1 N–H and O–H groups in total. The molecule has 4 aliphatic heterocycles. The number of carbonyl (C=O) groups is 2. The van der Waals surface area contributed by atoms with E-state index in [2.05, 4.69) is 9.89 Å². The number of piperidine rings is 1. The molecule has 0 saturated carbocycles. The Bertz CT molecular complexity index is 1200. The van der Waals surface area contributed by atoms with Crippen molar-refractivity contribution in [3.8, 4) is 0 Å². The highest BCUT2D eigenvalue weighted by molar-refractivity contribution is 8.15. The number of morpholine rings is 1. The molecule has 1 aromatic carbocycles. The first kappa shape index (κ1) is 27.0. The van der Waals surface area contributed by atoms with E-state index in [-0.39, 0.29) is 30.0 Å². The number of carboxylic acid groups (broad SMARTS) is 1. The number of carbonyl (C=O) groups excluding carboxylic acids is 1. The number of hydrogen-bond donors (Lipinski definition) is 1. The number of halogens is 3. The number of rotatable bonds is 6. The molecule has 2 saturated heterocycles. The number of thioether (sulfide) groups is 1. The van der Waals surface area contributed by atoms with Crippen LogP contribution in [0.25, 0.3) is 0 Å². The standard InChI is InChI=1S/C25H27ClF2N4O5S/c1-36-24(35)23-22(17-2-3-18(27)21(28)20(17)26)30-25(38-23)32-12-29-5-4-14(32)9-31-15-6-13(8-19(33)34)7-16(31)11-37-10-15/h2-4,12-13,15-16,22-23H,5-11H2,1H3,(H,33,34)/t13?,15?,16?,22-,23-/m1/s1. The minimum atomic E-state index is -1.19. The molecule has 2 unspecified atom stereocenters. The van der Waals surface area contributed by atoms with Crippen LogP contribution in [0.15, 0.2) is 33.9 Å². The third kappa shape index (κ3) is 5.31. The van der Waals surface area contributed by atoms with Crippen molar-refractivity contribution in [3.05, 3.63) is 46.1 Å². The third-order valence-electron chi connectivity index (χ3n) is 7.31. The fourth-order valence-electron chi connectivity index (χ4n) is 5.54. The molecule has 204 valence electrons. The minimum absolute atomic E-state index is 0.0863. The second-order valence-electron chi connectivity index (χ2n) is 9.68. The summed E-state index contributed by atoms with van der Waals surface area (Å²) in [4.78, 5) is 37.2. The second-order valence-corrected chi connectivity index (χ2v) is 11.2. The molecule has 5 rings (SSSR count). The zero-order valence-corrected chi connectivity index (χ0v) is 22.1. The van der Waals surface area contributed by atoms with Crippen molar-refractivity contribution >= 4 is 46.8 Å². The molecule has 13 heteroatoms. The Morgan fingerprint density at radius 3 is 2.68 bits per heavy atom. The highest BCUT2D eigenvalue weighted by Crippen LogP contribution is 2.43. The van der Waals surface area contributed by atoms with Crippen LogP contribution in [0.1, 0.15) is 30.9 Å². The van der Waals surface area contributed by atoms with E-state index in [0.717, 1.165) is 36.4 Å². The van der Waals surface area contributed by atoms with Crippen molar-refractivity contribution in [2.45, 2.75) is 42.6 Å². The van der Waals surface area contributed by atoms with Crippen LogP contribution in [-0.2, 0) is 19.1 Å². The Hall–Kier alpha value is -2.54. The normalized spacial score (nSPS) is 29.2. The van der Waals surface area contributed by atoms with Gasteiger partial charge in [0, 0.05) is 36.3 Å². The summed E-state index contributed by atoms with van der Waals surface area (Å²) in [5.74, 6) is -3.52. The van der Waals surface area contributed by atoms with E-state index >= 15 is 0 Å². The van der Waals surface area contributed by atoms with Crippen LogP contribution in [0.5, 0.6) is 0 Å². The molecule has 0 aromatic heterocycles. The lowest BCUT2D eigenvalue weighted by Gasteiger charge is -2.49. The zero-order chi connectivity index (χ0) is 27.0. The van der Waals surface area contributed by atoms with Crippen LogP contribution in [0.2, 0.25) is 5.02 Å². The van der Waals surface area contributed by atoms with E-state index in [1.807, 2.05) is 6.08 Å². The Balaban J connectivity index is 1.40. The highest BCUT2D eigenvalue weighted by Gasteiger charge is 2.43. The quantitative estimate of drug-likeness (QED) is 0.411. The van der Waals surface area contributed by atoms with E-state index in [1.54, 1.807) is 11.2 Å². The first-order valence-corrected chi connectivity index (χ1v) is 13.5. The summed E-state index contributed by atoms with van der Waals surface area (Å²) in [5, 5.41) is 8.45. The summed E-state index contributed by atoms with van der Waals surface area (Å²) in [5.41, 5.74) is 1.09. The van der Waals surface area contributed by atoms with E-state index in [4.69, 9.17) is 26.1 Å². The number of benzene rings is 1. The van der Waals surface area contributed by atoms with Gasteiger partial charge < -0.3 is 14.6 Å². The lowest BCUT2D eigenvalue weighted by Crippen LogP contribution is -2.58. The van der Waals surface area contributed by atoms with Gasteiger partial charge in [-0.2, -0.15) is 0 Å². The third-order valence-corrected chi connectivity index (χ3v) is 8.91. The molecular weight excluding hydrogens is 542 g/mol. The van der Waals surface area contributed by atoms with E-state index < -0.39 is 39.9 Å². The number of hydrogen-bond acceptors (Lipinski definition) is 9. The van der Waals surface area contributed by atoms with Crippen LogP contribution in [-0.4, -0.2) is 89.1 Å². The summed E-state index contributed by atoms with van der Waals surface area (Å²) in [6, 6.07) is 1.58. The summed E-state index contributed by atoms with van der Waals surface area (Å²) < 4.78 is 38.8. The molecule has 9 nitrogen and oxygen atoms in total. The molecule has 4 atom stereocenters. The lowest BCUT2D eigenvalue weighted by molar-refractivity contribution is -0.141. The van der Waals surface area contributed by atoms with Gasteiger partial charge in [0.05, 0.1) is 38.2 Å². The summed E-state index contributed by atoms with van der Waals surface area (Å²) in [6.07, 6.45) is 5.25. The Kier molecular flexibility index (Phi) is 8.03. The van der Waals surface area contributed by atoms with Crippen LogP contribution >= 0.6 is 23.4 Å². The smallest absolute Gasteiger partial charge is 0.321 e. The Morgan fingerprint density at radius 1 is 1.26 bits per heavy atom. The molecule has 4 heterocycles. The second kappa shape index (κ2) is 11.3. The fraction of sp³-hybridized carbons (Fsp3) is 0.520. The topological polar surface area (TPSA) is 104 Å². The van der Waals surface area contributed by atoms with E-state index in [9.17, 15) is 23.5 Å². The lowest BCUT2D eigenvalue weighted by atomic mass is 9.83. The molecule has 4 aliphatic rings. The molecule has 0 amide bonds. The average Bonchev–Trinajstić information content (AvgIpc) is 3.32. The van der Waals surface area contributed by atoms with Crippen molar-refractivity contribution in [1.29, 1.82) is 0 Å². The van der Waals surface area contributed by atoms with Crippen molar-refractivity contribution in [2.24, 2.45) is 15.9 Å². The molecule has 2 bridgehead atoms. The highest BCUT2D eigenvalue weighted by atomic mass is 35.5. The Labute approximate surface area is 227 Å². The van der Waals surface area contributed by atoms with Gasteiger partial charge in [0.2, 0.25) is 0 Å². The van der Waals surface area contributed by atoms with Crippen LogP contribution in [0.4, 0.5) is 8.78 Å². The number of fused-ring (bicyclic) bond motifs is 2. The number of esters is 1. The van der Waals surface area contributed by atoms with Crippen molar-refractivity contribution in [2.75, 3.05) is 33.4 Å². The average molecular weight is 569 g/mol. The number of carboxylic acids is 1. The first-order chi connectivity index (χ1) is 18.3. The largest absolute Gasteiger partial charge is 0.481 e. The van der Waals surface area contributed by atoms with E-state index in [0.29, 0.717) is 31.5 Å². The van der Waals surface area contributed by atoms with Crippen LogP contribution in [0, 0.1) is 17.6 Å². The SMILES string of the molecule is COC(=O)[C@@H]1SC(N2C=NCC=C2CN2C3COCC2CC(CC(=O)O)C3)=N[C@@H]1c1ccc(F)c(F)c1Cl. The van der Waals surface area contributed by atoms with Crippen molar-refractivity contribution in [3.63, 3.8) is 0 Å². The maximum atomic E-state index is 14.3. The predicted octanol–water partition coefficient (Wildman–Crippen LogP) is 3.49. The van der Waals surface area contributed by atoms with Gasteiger partial charge in [-0.3, -0.25) is 29.4 Å². The summed E-state index contributed by atoms with van der Waals surface area (Å²) in [7, 11) is 1.26. The van der Waals surface area contributed by atoms with Gasteiger partial charge in [-0.15, -0.1) is 0 Å². The molecule has 1 aromatic rings. The monoisotopic (exact) mass is 568 g/mol. The fourth-order valence-corrected chi connectivity index (χ4v) is 7.02. The van der Waals surface area contributed by atoms with Gasteiger partial charge in [-0.25, -0.2) is 8.78 Å². The van der Waals surface area contributed by atoms with Gasteiger partial charge in [0.1, 0.15) is 11.3 Å². The molecule has 0 radical (unpaired) electrons. The maximum absolute atomic E-state index is 14.3. The van der Waals surface area contributed by atoms with Crippen LogP contribution < -0.4 is 0 Å². The summed E-state index contributed by atoms with van der Waals surface area (Å²) >= 11 is 7.28. The summed E-state index contributed by atoms with van der Waals surface area (Å²) in [6.45, 7) is 2.10. The number of ether oxygens (including phenoxy) is 2. The first-order valence-electron chi connectivity index (χ1n) is 12.3. The Morgan fingerprint density at radius 2 is 2.00 bits per heavy atom. The van der Waals surface area contributed by atoms with Gasteiger partial charge in [-0.1, -0.05) is 29.4 Å². The maximum Gasteiger partial charge on any atom is 0.321 e. The van der Waals surface area contributed by atoms with Gasteiger partial charge >= 0.3 is 11.9 Å². The van der Waals surface area contributed by atoms with Crippen LogP contribution in [0.3, 0.4) is 0 Å². The van der Waals surface area contributed by atoms with Gasteiger partial charge in [0.25, 0.3) is 0 Å². The number of methoxy groups -OCH3 is 1. The molecule has 38 heavy (non-hydrogen) atoms. The molecule has 0 spiro atoms. The van der Waals surface area contributed by atoms with Gasteiger partial charge in [-0.05, 0) is 30.9 Å². The van der Waals surface area contributed by atoms with Crippen molar-refractivity contribution in [1.82, 2.24) is 9.80 Å². The number of aliphatic carboxylic acids is 1. The predicted molar refractivity (Wildman–Crippen MR) is 138 cm³/mol. The van der Waals surface area contributed by atoms with Gasteiger partial charge in [0.15, 0.2) is 16.8 Å².